The maximum atomic E-state index is 6.72. The summed E-state index contributed by atoms with van der Waals surface area (Å²) in [6.45, 7) is 26.4. The summed E-state index contributed by atoms with van der Waals surface area (Å²) in [5, 5.41) is 0. The smallest absolute Gasteiger partial charge is 0.171 e. The molecule has 53 heavy (non-hydrogen) atoms. The molecule has 8 heteroatoms. The first-order valence-electron chi connectivity index (χ1n) is 22.4. The largest absolute Gasteiger partial charge is 0.375 e. The van der Waals surface area contributed by atoms with Crippen LogP contribution in [0.1, 0.15) is 131 Å². The molecule has 0 amide bonds. The highest BCUT2D eigenvalue weighted by molar-refractivity contribution is 5.18. The molecular formula is C45H76N4O4. The third-order valence-electron chi connectivity index (χ3n) is 15.0. The molecule has 8 nitrogen and oxygen atoms in total. The zero-order chi connectivity index (χ0) is 36.9. The Morgan fingerprint density at radius 1 is 0.566 bits per heavy atom. The predicted molar refractivity (Wildman–Crippen MR) is 212 cm³/mol. The van der Waals surface area contributed by atoms with Crippen molar-refractivity contribution in [2.45, 2.75) is 155 Å². The third-order valence-corrected chi connectivity index (χ3v) is 15.0. The van der Waals surface area contributed by atoms with E-state index < -0.39 is 11.6 Å². The molecule has 4 aliphatic heterocycles. The summed E-state index contributed by atoms with van der Waals surface area (Å²) in [6, 6.07) is 1.07. The van der Waals surface area contributed by atoms with E-state index in [9.17, 15) is 0 Å². The van der Waals surface area contributed by atoms with Crippen molar-refractivity contribution in [3.63, 3.8) is 0 Å². The molecule has 4 saturated heterocycles. The average Bonchev–Trinajstić information content (AvgIpc) is 4.10. The first kappa shape index (κ1) is 38.7. The standard InChI is InChI=1S/C45H76N4O4/c1-7-21-48(29-35-9-10-35)39-27-37(13-15-41(39,3)4)46-23-17-44(18-24-46)50-31-43(32-51-44)33-52-45(53-34-43)19-25-47(26-20-45)38-14-16-42(5,6)40(28-38)49(22-8-2)30-36-11-12-36/h27-28,35-36,39-40H,7-26,29-34H2,1-6H3. The lowest BCUT2D eigenvalue weighted by molar-refractivity contribution is -0.377. The highest BCUT2D eigenvalue weighted by atomic mass is 16.7. The number of piperidine rings is 2. The number of likely N-dealkylation sites (tertiary alicyclic amines) is 2. The molecule has 6 fully saturated rings. The van der Waals surface area contributed by atoms with Crippen LogP contribution in [0.5, 0.6) is 0 Å². The van der Waals surface area contributed by atoms with Crippen LogP contribution >= 0.6 is 0 Å². The maximum Gasteiger partial charge on any atom is 0.171 e. The van der Waals surface area contributed by atoms with Gasteiger partial charge in [0.1, 0.15) is 0 Å². The fraction of sp³-hybridized carbons (Fsp3) is 0.911. The first-order valence-corrected chi connectivity index (χ1v) is 22.4. The minimum absolute atomic E-state index is 0.200. The summed E-state index contributed by atoms with van der Waals surface area (Å²) < 4.78 is 26.9. The van der Waals surface area contributed by atoms with Gasteiger partial charge in [-0.3, -0.25) is 9.80 Å². The highest BCUT2D eigenvalue weighted by Gasteiger charge is 2.53. The Bertz CT molecular complexity index is 1200. The topological polar surface area (TPSA) is 49.9 Å². The molecule has 2 unspecified atom stereocenters. The minimum Gasteiger partial charge on any atom is -0.375 e. The summed E-state index contributed by atoms with van der Waals surface area (Å²) in [7, 11) is 0. The fourth-order valence-corrected chi connectivity index (χ4v) is 10.7. The van der Waals surface area contributed by atoms with E-state index >= 15 is 0 Å². The zero-order valence-corrected chi connectivity index (χ0v) is 34.8. The van der Waals surface area contributed by atoms with E-state index in [1.165, 1.54) is 90.4 Å². The highest BCUT2D eigenvalue weighted by Crippen LogP contribution is 2.47. The van der Waals surface area contributed by atoms with E-state index in [0.717, 1.165) is 63.7 Å². The Morgan fingerprint density at radius 2 is 0.925 bits per heavy atom. The van der Waals surface area contributed by atoms with Gasteiger partial charge in [0.05, 0.1) is 31.8 Å². The molecule has 0 aromatic rings. The summed E-state index contributed by atoms with van der Waals surface area (Å²) in [6.07, 6.45) is 22.1. The van der Waals surface area contributed by atoms with E-state index in [-0.39, 0.29) is 5.41 Å². The van der Waals surface area contributed by atoms with Gasteiger partial charge in [-0.05, 0) is 112 Å². The van der Waals surface area contributed by atoms with Gasteiger partial charge in [-0.15, -0.1) is 0 Å². The second-order valence-electron chi connectivity index (χ2n) is 20.5. The molecule has 2 atom stereocenters. The molecule has 0 bridgehead atoms. The zero-order valence-electron chi connectivity index (χ0n) is 34.8. The van der Waals surface area contributed by atoms with Crippen LogP contribution in [-0.2, 0) is 18.9 Å². The van der Waals surface area contributed by atoms with Crippen molar-refractivity contribution in [1.82, 2.24) is 19.6 Å². The van der Waals surface area contributed by atoms with Gasteiger partial charge in [0, 0.05) is 88.4 Å². The summed E-state index contributed by atoms with van der Waals surface area (Å²) in [4.78, 5) is 11.0. The predicted octanol–water partition coefficient (Wildman–Crippen LogP) is 8.04. The normalized spacial score (nSPS) is 32.1. The van der Waals surface area contributed by atoms with Gasteiger partial charge in [-0.1, -0.05) is 41.5 Å². The molecule has 8 rings (SSSR count). The molecule has 0 aromatic heterocycles. The van der Waals surface area contributed by atoms with Crippen LogP contribution in [0, 0.1) is 28.1 Å². The molecule has 8 aliphatic rings. The van der Waals surface area contributed by atoms with Gasteiger partial charge in [-0.25, -0.2) is 0 Å². The number of allylic oxidation sites excluding steroid dienone is 2. The van der Waals surface area contributed by atoms with Crippen molar-refractivity contribution in [3.8, 4) is 0 Å². The first-order chi connectivity index (χ1) is 25.4. The van der Waals surface area contributed by atoms with Crippen LogP contribution in [0.3, 0.4) is 0 Å². The van der Waals surface area contributed by atoms with E-state index in [1.807, 2.05) is 0 Å². The summed E-state index contributed by atoms with van der Waals surface area (Å²) in [5.41, 5.74) is 3.58. The van der Waals surface area contributed by atoms with Crippen molar-refractivity contribution in [3.05, 3.63) is 23.5 Å². The number of nitrogens with zero attached hydrogens (tertiary/aromatic N) is 4. The second-order valence-corrected chi connectivity index (χ2v) is 20.5. The SMILES string of the molecule is CCCN(CC1CC1)C1C=C(N2CCC3(CC2)OCC2(CO3)COC3(CCN(C4=CC(N(CCC)CC5CC5)C(C)(C)CC4)CC3)OC2)CCC1(C)C. The number of hydrogen-bond donors (Lipinski definition) is 0. The Labute approximate surface area is 323 Å². The van der Waals surface area contributed by atoms with Crippen LogP contribution in [0.15, 0.2) is 23.5 Å². The van der Waals surface area contributed by atoms with Crippen molar-refractivity contribution in [2.24, 2.45) is 28.1 Å². The van der Waals surface area contributed by atoms with Gasteiger partial charge in [-0.2, -0.15) is 0 Å². The van der Waals surface area contributed by atoms with Crippen LogP contribution in [0.25, 0.3) is 0 Å². The molecule has 0 radical (unpaired) electrons. The lowest BCUT2D eigenvalue weighted by Crippen LogP contribution is -2.62. The number of ether oxygens (including phenoxy) is 4. The Hall–Kier alpha value is -1.16. The Kier molecular flexibility index (Phi) is 11.2. The molecule has 0 aromatic carbocycles. The van der Waals surface area contributed by atoms with Crippen molar-refractivity contribution < 1.29 is 18.9 Å². The lowest BCUT2D eigenvalue weighted by atomic mass is 9.74. The van der Waals surface area contributed by atoms with Crippen LogP contribution in [0.2, 0.25) is 0 Å². The van der Waals surface area contributed by atoms with E-state index in [1.54, 1.807) is 11.4 Å². The number of rotatable bonds is 12. The van der Waals surface area contributed by atoms with Crippen molar-refractivity contribution in [2.75, 3.05) is 78.8 Å². The number of hydrogen-bond acceptors (Lipinski definition) is 8. The van der Waals surface area contributed by atoms with Gasteiger partial charge < -0.3 is 28.7 Å². The lowest BCUT2D eigenvalue weighted by Gasteiger charge is -2.54. The van der Waals surface area contributed by atoms with Crippen molar-refractivity contribution in [1.29, 1.82) is 0 Å². The molecule has 0 N–H and O–H groups in total. The molecule has 300 valence electrons. The molecular weight excluding hydrogens is 661 g/mol. The van der Waals surface area contributed by atoms with E-state index in [0.29, 0.717) is 49.3 Å². The molecule has 2 saturated carbocycles. The maximum absolute atomic E-state index is 6.72. The molecule has 4 aliphatic carbocycles. The molecule has 3 spiro atoms. The summed E-state index contributed by atoms with van der Waals surface area (Å²) >= 11 is 0. The average molecular weight is 737 g/mol. The van der Waals surface area contributed by atoms with Gasteiger partial charge >= 0.3 is 0 Å². The minimum atomic E-state index is -0.456. The van der Waals surface area contributed by atoms with E-state index in [4.69, 9.17) is 18.9 Å². The van der Waals surface area contributed by atoms with Gasteiger partial charge in [0.15, 0.2) is 11.6 Å². The van der Waals surface area contributed by atoms with Crippen LogP contribution < -0.4 is 0 Å². The Balaban J connectivity index is 0.815. The molecule has 4 heterocycles. The van der Waals surface area contributed by atoms with Gasteiger partial charge in [0.25, 0.3) is 0 Å². The van der Waals surface area contributed by atoms with Crippen molar-refractivity contribution >= 4 is 0 Å². The summed E-state index contributed by atoms with van der Waals surface area (Å²) in [5.74, 6) is 0.943. The van der Waals surface area contributed by atoms with E-state index in [2.05, 4.69) is 73.3 Å². The van der Waals surface area contributed by atoms with Crippen LogP contribution in [0.4, 0.5) is 0 Å². The fourth-order valence-electron chi connectivity index (χ4n) is 10.7. The monoisotopic (exact) mass is 737 g/mol. The third kappa shape index (κ3) is 8.59. The Morgan fingerprint density at radius 3 is 1.25 bits per heavy atom. The van der Waals surface area contributed by atoms with Crippen LogP contribution in [-0.4, -0.2) is 122 Å². The quantitative estimate of drug-likeness (QED) is 0.200. The van der Waals surface area contributed by atoms with Gasteiger partial charge in [0.2, 0.25) is 0 Å². The second kappa shape index (κ2) is 15.3.